The smallest absolute Gasteiger partial charge is 0.309 e. The molecule has 0 aliphatic rings. The lowest BCUT2D eigenvalue weighted by atomic mass is 9.69. The van der Waals surface area contributed by atoms with Crippen molar-refractivity contribution in [2.75, 3.05) is 6.61 Å². The summed E-state index contributed by atoms with van der Waals surface area (Å²) < 4.78 is 5.89. The molecule has 168 valence electrons. The van der Waals surface area contributed by atoms with E-state index in [0.29, 0.717) is 29.3 Å². The van der Waals surface area contributed by atoms with Crippen molar-refractivity contribution in [1.82, 2.24) is 0 Å². The lowest BCUT2D eigenvalue weighted by Crippen LogP contribution is -2.37. The molecule has 0 aromatic carbocycles. The van der Waals surface area contributed by atoms with Crippen molar-refractivity contribution < 1.29 is 9.53 Å². The van der Waals surface area contributed by atoms with Crippen LogP contribution in [0, 0.1) is 39.4 Å². The summed E-state index contributed by atoms with van der Waals surface area (Å²) in [5.41, 5.74) is 0.732. The van der Waals surface area contributed by atoms with E-state index < -0.39 is 0 Å². The van der Waals surface area contributed by atoms with E-state index in [1.807, 2.05) is 0 Å². The molecule has 0 heterocycles. The average Bonchev–Trinajstić information content (AvgIpc) is 2.29. The summed E-state index contributed by atoms with van der Waals surface area (Å²) in [7, 11) is 0. The second-order valence-electron chi connectivity index (χ2n) is 13.9. The first-order chi connectivity index (χ1) is 12.2. The largest absolute Gasteiger partial charge is 0.465 e. The van der Waals surface area contributed by atoms with Gasteiger partial charge in [-0.3, -0.25) is 4.79 Å². The third kappa shape index (κ3) is 12.8. The molecule has 0 spiro atoms. The second-order valence-corrected chi connectivity index (χ2v) is 13.9. The van der Waals surface area contributed by atoms with Crippen LogP contribution in [0.5, 0.6) is 0 Å². The first-order valence-corrected chi connectivity index (χ1v) is 11.4. The van der Waals surface area contributed by atoms with Gasteiger partial charge in [-0.25, -0.2) is 0 Å². The zero-order chi connectivity index (χ0) is 22.6. The van der Waals surface area contributed by atoms with Gasteiger partial charge in [0.05, 0.1) is 12.5 Å². The number of rotatable bonds is 8. The fourth-order valence-electron chi connectivity index (χ4n) is 4.95. The van der Waals surface area contributed by atoms with Gasteiger partial charge < -0.3 is 4.74 Å². The number of carbonyl (C=O) groups excluding carboxylic acids is 1. The van der Waals surface area contributed by atoms with E-state index >= 15 is 0 Å². The summed E-state index contributed by atoms with van der Waals surface area (Å²) in [5, 5.41) is 0. The molecule has 0 aliphatic heterocycles. The molecular formula is C26H52O2. The van der Waals surface area contributed by atoms with Gasteiger partial charge in [-0.15, -0.1) is 0 Å². The summed E-state index contributed by atoms with van der Waals surface area (Å²) >= 11 is 0. The first-order valence-electron chi connectivity index (χ1n) is 11.4. The van der Waals surface area contributed by atoms with E-state index in [4.69, 9.17) is 4.74 Å². The molecule has 0 amide bonds. The van der Waals surface area contributed by atoms with Gasteiger partial charge in [-0.2, -0.15) is 0 Å². The van der Waals surface area contributed by atoms with Crippen LogP contribution in [0.1, 0.15) is 116 Å². The van der Waals surface area contributed by atoms with Gasteiger partial charge in [0.1, 0.15) is 0 Å². The van der Waals surface area contributed by atoms with Crippen LogP contribution in [0.3, 0.4) is 0 Å². The van der Waals surface area contributed by atoms with Gasteiger partial charge in [0, 0.05) is 0 Å². The molecule has 2 unspecified atom stereocenters. The van der Waals surface area contributed by atoms with E-state index in [-0.39, 0.29) is 22.7 Å². The van der Waals surface area contributed by atoms with Crippen LogP contribution in [-0.4, -0.2) is 12.6 Å². The Labute approximate surface area is 177 Å². The van der Waals surface area contributed by atoms with Crippen molar-refractivity contribution in [2.24, 2.45) is 39.4 Å². The van der Waals surface area contributed by atoms with Gasteiger partial charge in [0.15, 0.2) is 0 Å². The van der Waals surface area contributed by atoms with E-state index in [9.17, 15) is 4.79 Å². The summed E-state index contributed by atoms with van der Waals surface area (Å²) in [6.45, 7) is 29.8. The van der Waals surface area contributed by atoms with Crippen LogP contribution in [-0.2, 0) is 9.53 Å². The van der Waals surface area contributed by atoms with Crippen molar-refractivity contribution in [2.45, 2.75) is 116 Å². The van der Waals surface area contributed by atoms with Crippen molar-refractivity contribution in [3.05, 3.63) is 0 Å². The average molecular weight is 397 g/mol. The normalized spacial score (nSPS) is 16.2. The molecule has 0 bridgehead atoms. The second kappa shape index (κ2) is 9.98. The molecule has 0 rings (SSSR count). The van der Waals surface area contributed by atoms with Crippen LogP contribution in [0.4, 0.5) is 0 Å². The van der Waals surface area contributed by atoms with Crippen LogP contribution in [0.15, 0.2) is 0 Å². The van der Waals surface area contributed by atoms with Crippen molar-refractivity contribution in [3.63, 3.8) is 0 Å². The Kier molecular flexibility index (Phi) is 9.80. The van der Waals surface area contributed by atoms with Crippen LogP contribution < -0.4 is 0 Å². The molecule has 0 saturated heterocycles. The van der Waals surface area contributed by atoms with Gasteiger partial charge in [0.25, 0.3) is 0 Å². The Morgan fingerprint density at radius 3 is 1.43 bits per heavy atom. The Balaban J connectivity index is 5.02. The zero-order valence-corrected chi connectivity index (χ0v) is 21.6. The molecule has 0 radical (unpaired) electrons. The highest BCUT2D eigenvalue weighted by Gasteiger charge is 2.38. The minimum absolute atomic E-state index is 0.00508. The molecule has 0 fully saturated rings. The minimum Gasteiger partial charge on any atom is -0.465 e. The predicted molar refractivity (Wildman–Crippen MR) is 123 cm³/mol. The van der Waals surface area contributed by atoms with Crippen LogP contribution >= 0.6 is 0 Å². The van der Waals surface area contributed by atoms with Crippen molar-refractivity contribution >= 4 is 5.97 Å². The van der Waals surface area contributed by atoms with Crippen molar-refractivity contribution in [3.8, 4) is 0 Å². The lowest BCUT2D eigenvalue weighted by molar-refractivity contribution is -0.156. The monoisotopic (exact) mass is 396 g/mol. The summed E-state index contributed by atoms with van der Waals surface area (Å²) in [4.78, 5) is 13.0. The van der Waals surface area contributed by atoms with Gasteiger partial charge in [0.2, 0.25) is 0 Å². The predicted octanol–water partition coefficient (Wildman–Crippen LogP) is 8.14. The fourth-order valence-corrected chi connectivity index (χ4v) is 4.95. The summed E-state index contributed by atoms with van der Waals surface area (Å²) in [6, 6.07) is 0. The third-order valence-electron chi connectivity index (χ3n) is 5.26. The summed E-state index contributed by atoms with van der Waals surface area (Å²) in [5.74, 6) is 0.838. The zero-order valence-electron chi connectivity index (χ0n) is 21.6. The number of hydrogen-bond acceptors (Lipinski definition) is 2. The Morgan fingerprint density at radius 1 is 0.714 bits per heavy atom. The highest BCUT2D eigenvalue weighted by atomic mass is 16.5. The maximum absolute atomic E-state index is 13.0. The van der Waals surface area contributed by atoms with E-state index in [0.717, 1.165) is 12.8 Å². The Morgan fingerprint density at radius 2 is 1.11 bits per heavy atom. The molecule has 0 saturated carbocycles. The molecular weight excluding hydrogens is 344 g/mol. The maximum atomic E-state index is 13.0. The van der Waals surface area contributed by atoms with Crippen LogP contribution in [0.25, 0.3) is 0 Å². The quantitative estimate of drug-likeness (QED) is 0.387. The number of carbonyl (C=O) groups is 1. The highest BCUT2D eigenvalue weighted by Crippen LogP contribution is 2.39. The molecule has 2 nitrogen and oxygen atoms in total. The lowest BCUT2D eigenvalue weighted by Gasteiger charge is -2.36. The van der Waals surface area contributed by atoms with Gasteiger partial charge >= 0.3 is 5.97 Å². The first kappa shape index (κ1) is 27.5. The highest BCUT2D eigenvalue weighted by molar-refractivity contribution is 5.73. The topological polar surface area (TPSA) is 26.3 Å². The number of hydrogen-bond donors (Lipinski definition) is 0. The van der Waals surface area contributed by atoms with Gasteiger partial charge in [-0.1, -0.05) is 90.0 Å². The molecule has 0 aromatic rings. The minimum atomic E-state index is -0.0853. The van der Waals surface area contributed by atoms with Crippen LogP contribution in [0.2, 0.25) is 0 Å². The maximum Gasteiger partial charge on any atom is 0.309 e. The third-order valence-corrected chi connectivity index (χ3v) is 5.26. The number of esters is 1. The molecule has 0 aliphatic carbocycles. The van der Waals surface area contributed by atoms with E-state index in [2.05, 4.69) is 90.0 Å². The molecule has 28 heavy (non-hydrogen) atoms. The van der Waals surface area contributed by atoms with E-state index in [1.54, 1.807) is 0 Å². The molecule has 2 heteroatoms. The Bertz CT molecular complexity index is 447. The molecule has 2 atom stereocenters. The fraction of sp³-hybridized carbons (Fsp3) is 0.962. The Hall–Kier alpha value is -0.530. The number of ether oxygens (including phenoxy) is 1. The standard InChI is InChI=1S/C26H52O2/c1-19(16-23(2,3)4)21(26(11,12)13)22(27)28-15-14-20(17-24(5,6)7)18-25(8,9)10/h19-21H,14-18H2,1-13H3. The molecule has 0 aromatic heterocycles. The SMILES string of the molecule is CC(CC(C)(C)C)C(C(=O)OCCC(CC(C)(C)C)CC(C)(C)C)C(C)(C)C. The summed E-state index contributed by atoms with van der Waals surface area (Å²) in [6.07, 6.45) is 4.33. The molecule has 0 N–H and O–H groups in total. The van der Waals surface area contributed by atoms with Crippen molar-refractivity contribution in [1.29, 1.82) is 0 Å². The van der Waals surface area contributed by atoms with E-state index in [1.165, 1.54) is 12.8 Å². The van der Waals surface area contributed by atoms with Gasteiger partial charge in [-0.05, 0) is 59.2 Å².